The zero-order valence-electron chi connectivity index (χ0n) is 7.29. The van der Waals surface area contributed by atoms with Gasteiger partial charge in [-0.2, -0.15) is 0 Å². The van der Waals surface area contributed by atoms with Gasteiger partial charge in [0, 0.05) is 0 Å². The second kappa shape index (κ2) is 3.75. The van der Waals surface area contributed by atoms with Crippen LogP contribution < -0.4 is 0 Å². The van der Waals surface area contributed by atoms with E-state index in [9.17, 15) is 0 Å². The molecule has 0 unspecified atom stereocenters. The fourth-order valence-corrected chi connectivity index (χ4v) is 1.90. The lowest BCUT2D eigenvalue weighted by Crippen LogP contribution is -2.04. The van der Waals surface area contributed by atoms with E-state index < -0.39 is 0 Å². The summed E-state index contributed by atoms with van der Waals surface area (Å²) in [7, 11) is 0. The molecule has 1 aromatic carbocycles. The molecule has 0 N–H and O–H groups in total. The fraction of sp³-hybridized carbons (Fsp3) is 0.417. The van der Waals surface area contributed by atoms with E-state index in [2.05, 4.69) is 24.6 Å². The third-order valence-corrected chi connectivity index (χ3v) is 2.61. The summed E-state index contributed by atoms with van der Waals surface area (Å²) < 4.78 is 0. The minimum atomic E-state index is 0.774. The van der Waals surface area contributed by atoms with Gasteiger partial charge in [0.2, 0.25) is 0 Å². The molecule has 1 aliphatic rings. The van der Waals surface area contributed by atoms with Crippen molar-refractivity contribution in [2.24, 2.45) is 0 Å². The van der Waals surface area contributed by atoms with Crippen molar-refractivity contribution in [1.29, 1.82) is 0 Å². The molecule has 0 amide bonds. The van der Waals surface area contributed by atoms with Gasteiger partial charge in [0.25, 0.3) is 0 Å². The number of hydrogen-bond donors (Lipinski definition) is 0. The van der Waals surface area contributed by atoms with Crippen molar-refractivity contribution in [3.05, 3.63) is 42.3 Å². The first-order chi connectivity index (χ1) is 5.97. The Morgan fingerprint density at radius 1 is 1.17 bits per heavy atom. The van der Waals surface area contributed by atoms with Crippen molar-refractivity contribution in [3.63, 3.8) is 0 Å². The van der Waals surface area contributed by atoms with Crippen molar-refractivity contribution in [1.82, 2.24) is 0 Å². The molecule has 1 fully saturated rings. The Bertz CT molecular complexity index is 219. The first-order valence-corrected chi connectivity index (χ1v) is 4.75. The van der Waals surface area contributed by atoms with Gasteiger partial charge in [0.1, 0.15) is 0 Å². The van der Waals surface area contributed by atoms with Crippen LogP contribution >= 0.6 is 0 Å². The van der Waals surface area contributed by atoms with E-state index >= 15 is 0 Å². The molecular weight excluding hydrogens is 144 g/mol. The van der Waals surface area contributed by atoms with Crippen molar-refractivity contribution >= 4 is 0 Å². The average Bonchev–Trinajstić information content (AvgIpc) is 2.21. The summed E-state index contributed by atoms with van der Waals surface area (Å²) in [5, 5.41) is 0. The summed E-state index contributed by atoms with van der Waals surface area (Å²) >= 11 is 0. The smallest absolute Gasteiger partial charge is 0.0146 e. The second-order valence-electron chi connectivity index (χ2n) is 3.46. The maximum absolute atomic E-state index is 3.32. The van der Waals surface area contributed by atoms with Crippen LogP contribution in [0.15, 0.2) is 24.3 Å². The zero-order valence-corrected chi connectivity index (χ0v) is 7.29. The predicted molar refractivity (Wildman–Crippen MR) is 50.8 cm³/mol. The van der Waals surface area contributed by atoms with Crippen LogP contribution in [-0.2, 0) is 0 Å². The van der Waals surface area contributed by atoms with Gasteiger partial charge in [-0.05, 0) is 49.7 Å². The van der Waals surface area contributed by atoms with Gasteiger partial charge >= 0.3 is 0 Å². The van der Waals surface area contributed by atoms with Crippen LogP contribution in [0, 0.1) is 12.5 Å². The van der Waals surface area contributed by atoms with Crippen molar-refractivity contribution in [2.45, 2.75) is 31.6 Å². The van der Waals surface area contributed by atoms with Crippen molar-refractivity contribution < 1.29 is 0 Å². The van der Waals surface area contributed by atoms with Crippen LogP contribution in [0.2, 0.25) is 0 Å². The van der Waals surface area contributed by atoms with Crippen LogP contribution in [0.5, 0.6) is 0 Å². The Morgan fingerprint density at radius 2 is 2.00 bits per heavy atom. The molecule has 0 saturated heterocycles. The van der Waals surface area contributed by atoms with Gasteiger partial charge in [-0.25, -0.2) is 0 Å². The molecule has 2 rings (SSSR count). The minimum Gasteiger partial charge on any atom is -0.0619 e. The van der Waals surface area contributed by atoms with Crippen molar-refractivity contribution in [2.75, 3.05) is 0 Å². The van der Waals surface area contributed by atoms with Crippen LogP contribution in [0.1, 0.15) is 37.2 Å². The highest BCUT2D eigenvalue weighted by Crippen LogP contribution is 2.31. The maximum Gasteiger partial charge on any atom is -0.0146 e. The lowest BCUT2D eigenvalue weighted by atomic mass is 9.84. The third-order valence-electron chi connectivity index (χ3n) is 2.61. The molecule has 62 valence electrons. The lowest BCUT2D eigenvalue weighted by molar-refractivity contribution is 0.511. The predicted octanol–water partition coefficient (Wildman–Crippen LogP) is 3.35. The number of benzene rings is 1. The molecule has 12 heavy (non-hydrogen) atoms. The van der Waals surface area contributed by atoms with Crippen LogP contribution in [-0.4, -0.2) is 0 Å². The Morgan fingerprint density at radius 3 is 2.67 bits per heavy atom. The van der Waals surface area contributed by atoms with E-state index in [0.717, 1.165) is 5.92 Å². The molecular formula is C12H14. The molecule has 1 aliphatic carbocycles. The van der Waals surface area contributed by atoms with Crippen LogP contribution in [0.3, 0.4) is 0 Å². The topological polar surface area (TPSA) is 0 Å². The minimum absolute atomic E-state index is 0.774. The Balaban J connectivity index is 2.08. The van der Waals surface area contributed by atoms with Crippen LogP contribution in [0.4, 0.5) is 0 Å². The summed E-state index contributed by atoms with van der Waals surface area (Å²) in [5.41, 5.74) is 1.41. The molecule has 0 bridgehead atoms. The van der Waals surface area contributed by atoms with E-state index in [0.29, 0.717) is 0 Å². The third kappa shape index (κ3) is 1.69. The van der Waals surface area contributed by atoms with E-state index in [1.54, 1.807) is 0 Å². The highest BCUT2D eigenvalue weighted by molar-refractivity contribution is 5.18. The molecule has 0 nitrogen and oxygen atoms in total. The highest BCUT2D eigenvalue weighted by Gasteiger charge is 2.14. The molecule has 0 aliphatic heterocycles. The molecule has 1 aromatic rings. The van der Waals surface area contributed by atoms with Crippen LogP contribution in [0.25, 0.3) is 0 Å². The van der Waals surface area contributed by atoms with Gasteiger partial charge in [0.05, 0.1) is 0 Å². The molecule has 0 heterocycles. The molecule has 2 radical (unpaired) electrons. The van der Waals surface area contributed by atoms with E-state index in [-0.39, 0.29) is 0 Å². The Labute approximate surface area is 74.6 Å². The number of rotatable bonds is 1. The van der Waals surface area contributed by atoms with Gasteiger partial charge < -0.3 is 0 Å². The van der Waals surface area contributed by atoms with E-state index in [1.165, 1.54) is 31.2 Å². The molecule has 0 spiro atoms. The Hall–Kier alpha value is -0.780. The summed E-state index contributed by atoms with van der Waals surface area (Å²) in [5.74, 6) is 0.774. The standard InChI is InChI=1S/C12H14/c1-3-7-11(8-4-1)12-9-5-2-6-10-12/h1-4,7,12H,5-6,9-10H2. The maximum atomic E-state index is 3.32. The first kappa shape index (κ1) is 7.85. The van der Waals surface area contributed by atoms with E-state index in [4.69, 9.17) is 0 Å². The highest BCUT2D eigenvalue weighted by atomic mass is 14.2. The summed E-state index contributed by atoms with van der Waals surface area (Å²) in [6.45, 7) is 0. The summed E-state index contributed by atoms with van der Waals surface area (Å²) in [6.07, 6.45) is 7.61. The van der Waals surface area contributed by atoms with Gasteiger partial charge in [0.15, 0.2) is 0 Å². The number of hydrogen-bond acceptors (Lipinski definition) is 0. The summed E-state index contributed by atoms with van der Waals surface area (Å²) in [4.78, 5) is 0. The van der Waals surface area contributed by atoms with Gasteiger partial charge in [-0.15, -0.1) is 0 Å². The van der Waals surface area contributed by atoms with Gasteiger partial charge in [-0.3, -0.25) is 0 Å². The monoisotopic (exact) mass is 158 g/mol. The SMILES string of the molecule is [c]1ccccc1C1CC[CH]CC1. The first-order valence-electron chi connectivity index (χ1n) is 4.75. The van der Waals surface area contributed by atoms with Gasteiger partial charge in [-0.1, -0.05) is 24.3 Å². The normalized spacial score (nSPS) is 19.3. The van der Waals surface area contributed by atoms with E-state index in [1.807, 2.05) is 12.1 Å². The quantitative estimate of drug-likeness (QED) is 0.588. The Kier molecular flexibility index (Phi) is 2.45. The zero-order chi connectivity index (χ0) is 8.23. The van der Waals surface area contributed by atoms with Crippen molar-refractivity contribution in [3.8, 4) is 0 Å². The lowest BCUT2D eigenvalue weighted by Gasteiger charge is -2.21. The molecule has 0 heteroatoms. The summed E-state index contributed by atoms with van der Waals surface area (Å²) in [6, 6.07) is 11.7. The molecule has 0 aromatic heterocycles. The second-order valence-corrected chi connectivity index (χ2v) is 3.46. The largest absolute Gasteiger partial charge is 0.0619 e. The average molecular weight is 158 g/mol. The molecule has 1 saturated carbocycles. The fourth-order valence-electron chi connectivity index (χ4n) is 1.90. The molecule has 0 atom stereocenters.